The van der Waals surface area contributed by atoms with Crippen molar-refractivity contribution in [2.45, 2.75) is 51.2 Å². The Bertz CT molecular complexity index is 844. The number of halogens is 1. The third-order valence-electron chi connectivity index (χ3n) is 6.79. The maximum atomic E-state index is 13.1. The second kappa shape index (κ2) is 11.8. The lowest BCUT2D eigenvalue weighted by atomic mass is 9.92. The number of hydrogen-bond acceptors (Lipinski definition) is 8. The molecule has 1 aliphatic carbocycles. The average molecular weight is 482 g/mol. The van der Waals surface area contributed by atoms with Crippen molar-refractivity contribution in [3.63, 3.8) is 0 Å². The van der Waals surface area contributed by atoms with Gasteiger partial charge < -0.3 is 29.5 Å². The molecule has 3 rings (SSSR count). The van der Waals surface area contributed by atoms with Gasteiger partial charge in [-0.25, -0.2) is 9.78 Å². The van der Waals surface area contributed by atoms with Crippen LogP contribution >= 0.6 is 0 Å². The van der Waals surface area contributed by atoms with Crippen molar-refractivity contribution in [1.82, 2.24) is 10.3 Å². The van der Waals surface area contributed by atoms with Crippen LogP contribution in [0, 0.1) is 11.8 Å². The fraction of sp³-hybridized carbons (Fsp3) is 0.708. The first-order valence-electron chi connectivity index (χ1n) is 12.0. The molecule has 190 valence electrons. The van der Waals surface area contributed by atoms with E-state index in [1.54, 1.807) is 33.1 Å². The number of ether oxygens (including phenoxy) is 3. The van der Waals surface area contributed by atoms with Gasteiger partial charge in [-0.2, -0.15) is 0 Å². The molecule has 0 unspecified atom stereocenters. The van der Waals surface area contributed by atoms with E-state index < -0.39 is 24.1 Å². The first-order valence-corrected chi connectivity index (χ1v) is 12.0. The van der Waals surface area contributed by atoms with Crippen molar-refractivity contribution in [1.29, 1.82) is 0 Å². The number of carbonyl (C=O) groups excluding carboxylic acids is 2. The summed E-state index contributed by atoms with van der Waals surface area (Å²) in [5.74, 6) is -0.236. The number of rotatable bonds is 14. The molecule has 2 N–H and O–H groups in total. The van der Waals surface area contributed by atoms with Crippen molar-refractivity contribution >= 4 is 17.6 Å². The van der Waals surface area contributed by atoms with Gasteiger partial charge in [0.2, 0.25) is 5.88 Å². The second-order valence-electron chi connectivity index (χ2n) is 8.95. The highest BCUT2D eigenvalue weighted by Crippen LogP contribution is 2.39. The van der Waals surface area contributed by atoms with Crippen LogP contribution in [0.3, 0.4) is 0 Å². The van der Waals surface area contributed by atoms with Crippen LogP contribution in [0.25, 0.3) is 0 Å². The molecule has 10 heteroatoms. The second-order valence-corrected chi connectivity index (χ2v) is 8.95. The summed E-state index contributed by atoms with van der Waals surface area (Å²) in [6, 6.07) is 3.40. The molecule has 1 aliphatic heterocycles. The molecule has 2 fully saturated rings. The van der Waals surface area contributed by atoms with Crippen molar-refractivity contribution in [3.8, 4) is 5.88 Å². The molecule has 2 heterocycles. The van der Waals surface area contributed by atoms with Gasteiger partial charge in [0.1, 0.15) is 16.9 Å². The number of aromatic nitrogens is 1. The van der Waals surface area contributed by atoms with Gasteiger partial charge in [-0.1, -0.05) is 13.8 Å². The SMILES string of the molecule is CCC(CC)(NC(=O)c1ccc(N2CC(OC)C2)c(OC[C@@H]2C[C@@H]2CO)n1)C(=O)OCCCF. The number of anilines is 1. The molecule has 1 saturated carbocycles. The molecule has 1 saturated heterocycles. The summed E-state index contributed by atoms with van der Waals surface area (Å²) in [6.07, 6.45) is 1.80. The van der Waals surface area contributed by atoms with Crippen LogP contribution in [0.5, 0.6) is 5.88 Å². The van der Waals surface area contributed by atoms with Gasteiger partial charge in [-0.15, -0.1) is 0 Å². The molecule has 1 aromatic rings. The molecule has 1 aromatic heterocycles. The van der Waals surface area contributed by atoms with Crippen LogP contribution in [0.4, 0.5) is 10.1 Å². The molecular weight excluding hydrogens is 445 g/mol. The van der Waals surface area contributed by atoms with Crippen LogP contribution in [0.1, 0.15) is 50.0 Å². The normalized spacial score (nSPS) is 20.0. The molecule has 0 aromatic carbocycles. The number of aliphatic hydroxyl groups is 1. The van der Waals surface area contributed by atoms with Gasteiger partial charge >= 0.3 is 5.97 Å². The van der Waals surface area contributed by atoms with Crippen molar-refractivity contribution < 1.29 is 33.3 Å². The Morgan fingerprint density at radius 2 is 2.00 bits per heavy atom. The standard InChI is InChI=1S/C24H36FN3O6/c1-4-24(5-2,23(31)33-10-6-9-25)27-21(30)19-7-8-20(28-12-18(13-28)32-3)22(26-19)34-15-17-11-16(17)14-29/h7-8,16-18,29H,4-6,9-15H2,1-3H3,(H,27,30)/t16-,17+/m1/s1. The summed E-state index contributed by atoms with van der Waals surface area (Å²) < 4.78 is 28.9. The third-order valence-corrected chi connectivity index (χ3v) is 6.79. The van der Waals surface area contributed by atoms with E-state index >= 15 is 0 Å². The van der Waals surface area contributed by atoms with Crippen molar-refractivity contribution in [2.75, 3.05) is 51.6 Å². The molecule has 1 amide bonds. The molecule has 2 atom stereocenters. The summed E-state index contributed by atoms with van der Waals surface area (Å²) >= 11 is 0. The zero-order valence-corrected chi connectivity index (χ0v) is 20.2. The molecular formula is C24H36FN3O6. The molecule has 9 nitrogen and oxygen atoms in total. The number of amides is 1. The van der Waals surface area contributed by atoms with Crippen LogP contribution in [-0.2, 0) is 14.3 Å². The first kappa shape index (κ1) is 26.2. The maximum absolute atomic E-state index is 13.1. The van der Waals surface area contributed by atoms with E-state index in [4.69, 9.17) is 14.2 Å². The van der Waals surface area contributed by atoms with Crippen LogP contribution in [0.2, 0.25) is 0 Å². The van der Waals surface area contributed by atoms with Crippen molar-refractivity contribution in [3.05, 3.63) is 17.8 Å². The summed E-state index contributed by atoms with van der Waals surface area (Å²) in [5.41, 5.74) is -0.325. The molecule has 34 heavy (non-hydrogen) atoms. The number of aliphatic hydroxyl groups excluding tert-OH is 1. The molecule has 0 radical (unpaired) electrons. The Labute approximate surface area is 200 Å². The Kier molecular flexibility index (Phi) is 9.07. The van der Waals surface area contributed by atoms with E-state index in [9.17, 15) is 19.1 Å². The zero-order valence-electron chi connectivity index (χ0n) is 20.2. The van der Waals surface area contributed by atoms with Crippen molar-refractivity contribution in [2.24, 2.45) is 11.8 Å². The quantitative estimate of drug-likeness (QED) is 0.307. The highest BCUT2D eigenvalue weighted by Gasteiger charge is 2.40. The molecule has 0 spiro atoms. The lowest BCUT2D eigenvalue weighted by molar-refractivity contribution is -0.152. The molecule has 0 bridgehead atoms. The minimum atomic E-state index is -1.22. The number of nitrogens with zero attached hydrogens (tertiary/aromatic N) is 2. The fourth-order valence-corrected chi connectivity index (χ4v) is 4.02. The minimum absolute atomic E-state index is 0.0355. The summed E-state index contributed by atoms with van der Waals surface area (Å²) in [5, 5.41) is 12.1. The number of hydrogen-bond donors (Lipinski definition) is 2. The summed E-state index contributed by atoms with van der Waals surface area (Å²) in [7, 11) is 1.67. The Balaban J connectivity index is 1.75. The highest BCUT2D eigenvalue weighted by atomic mass is 19.1. The number of nitrogens with one attached hydrogen (secondary N) is 1. The average Bonchev–Trinajstić information content (AvgIpc) is 3.59. The number of pyridine rings is 1. The van der Waals surface area contributed by atoms with E-state index in [1.807, 2.05) is 0 Å². The lowest BCUT2D eigenvalue weighted by Crippen LogP contribution is -2.54. The van der Waals surface area contributed by atoms with E-state index in [2.05, 4.69) is 15.2 Å². The zero-order chi connectivity index (χ0) is 24.7. The van der Waals surface area contributed by atoms with Gasteiger partial charge in [-0.3, -0.25) is 9.18 Å². The predicted octanol–water partition coefficient (Wildman–Crippen LogP) is 2.12. The Morgan fingerprint density at radius 1 is 1.26 bits per heavy atom. The Hall–Kier alpha value is -2.46. The minimum Gasteiger partial charge on any atom is -0.476 e. The number of esters is 1. The monoisotopic (exact) mass is 481 g/mol. The first-order chi connectivity index (χ1) is 16.4. The van der Waals surface area contributed by atoms with E-state index in [1.165, 1.54) is 0 Å². The van der Waals surface area contributed by atoms with Gasteiger partial charge in [0.05, 0.1) is 26.0 Å². The van der Waals surface area contributed by atoms with Crippen LogP contribution in [-0.4, -0.2) is 80.3 Å². The van der Waals surface area contributed by atoms with E-state index in [0.29, 0.717) is 38.4 Å². The largest absolute Gasteiger partial charge is 0.476 e. The van der Waals surface area contributed by atoms with Gasteiger partial charge in [0, 0.05) is 33.2 Å². The Morgan fingerprint density at radius 3 is 2.59 bits per heavy atom. The highest BCUT2D eigenvalue weighted by molar-refractivity contribution is 5.97. The van der Waals surface area contributed by atoms with Gasteiger partial charge in [0.25, 0.3) is 5.91 Å². The predicted molar refractivity (Wildman–Crippen MR) is 124 cm³/mol. The number of carbonyl (C=O) groups is 2. The molecule has 2 aliphatic rings. The summed E-state index contributed by atoms with van der Waals surface area (Å²) in [6.45, 7) is 4.90. The lowest BCUT2D eigenvalue weighted by Gasteiger charge is -2.40. The smallest absolute Gasteiger partial charge is 0.331 e. The van der Waals surface area contributed by atoms with E-state index in [-0.39, 0.29) is 43.3 Å². The van der Waals surface area contributed by atoms with E-state index in [0.717, 1.165) is 12.1 Å². The van der Waals surface area contributed by atoms with Crippen LogP contribution < -0.4 is 15.0 Å². The fourth-order valence-electron chi connectivity index (χ4n) is 4.02. The topological polar surface area (TPSA) is 110 Å². The van der Waals surface area contributed by atoms with Crippen LogP contribution in [0.15, 0.2) is 12.1 Å². The third kappa shape index (κ3) is 5.96. The number of alkyl halides is 1. The summed E-state index contributed by atoms with van der Waals surface area (Å²) in [4.78, 5) is 32.4. The number of methoxy groups -OCH3 is 1. The van der Waals surface area contributed by atoms with Gasteiger partial charge in [-0.05, 0) is 43.2 Å². The maximum Gasteiger partial charge on any atom is 0.331 e. The van der Waals surface area contributed by atoms with Gasteiger partial charge in [0.15, 0.2) is 0 Å².